The van der Waals surface area contributed by atoms with Crippen molar-refractivity contribution in [1.82, 2.24) is 19.8 Å². The summed E-state index contributed by atoms with van der Waals surface area (Å²) in [6.07, 6.45) is 4.27. The van der Waals surface area contributed by atoms with Crippen LogP contribution in [0.25, 0.3) is 0 Å². The van der Waals surface area contributed by atoms with Crippen molar-refractivity contribution in [3.63, 3.8) is 0 Å². The van der Waals surface area contributed by atoms with Gasteiger partial charge in [-0.3, -0.25) is 14.7 Å². The summed E-state index contributed by atoms with van der Waals surface area (Å²) in [5.41, 5.74) is 0.913. The lowest BCUT2D eigenvalue weighted by Gasteiger charge is -2.20. The monoisotopic (exact) mass is 268 g/mol. The van der Waals surface area contributed by atoms with E-state index in [4.69, 9.17) is 11.6 Å². The number of hydrogen-bond donors (Lipinski definition) is 0. The summed E-state index contributed by atoms with van der Waals surface area (Å²) in [6, 6.07) is 0. The van der Waals surface area contributed by atoms with Gasteiger partial charge in [0.25, 0.3) is 0 Å². The summed E-state index contributed by atoms with van der Waals surface area (Å²) < 4.78 is 0. The number of hydrogen-bond acceptors (Lipinski definition) is 4. The highest BCUT2D eigenvalue weighted by atomic mass is 35.5. The van der Waals surface area contributed by atoms with Crippen LogP contribution in [0.5, 0.6) is 0 Å². The molecule has 1 aliphatic heterocycles. The van der Waals surface area contributed by atoms with E-state index in [-0.39, 0.29) is 5.91 Å². The Bertz CT molecular complexity index is 409. The minimum Gasteiger partial charge on any atom is -0.342 e. The molecular formula is C12H17ClN4O. The summed E-state index contributed by atoms with van der Waals surface area (Å²) in [6.45, 7) is 5.88. The topological polar surface area (TPSA) is 49.3 Å². The number of halogens is 1. The SMILES string of the molecule is CC(=O)N1CCCN(Cc2cnc(Cl)cn2)CC1. The zero-order chi connectivity index (χ0) is 13.0. The van der Waals surface area contributed by atoms with E-state index in [1.807, 2.05) is 4.90 Å². The Morgan fingerprint density at radius 2 is 2.11 bits per heavy atom. The molecule has 98 valence electrons. The molecule has 0 saturated carbocycles. The highest BCUT2D eigenvalue weighted by Crippen LogP contribution is 2.08. The number of carbonyl (C=O) groups is 1. The second-order valence-electron chi connectivity index (χ2n) is 4.47. The fraction of sp³-hybridized carbons (Fsp3) is 0.583. The van der Waals surface area contributed by atoms with Gasteiger partial charge in [0.05, 0.1) is 18.1 Å². The Morgan fingerprint density at radius 3 is 2.78 bits per heavy atom. The molecule has 0 radical (unpaired) electrons. The van der Waals surface area contributed by atoms with Crippen molar-refractivity contribution in [2.45, 2.75) is 19.9 Å². The van der Waals surface area contributed by atoms with Crippen LogP contribution >= 0.6 is 11.6 Å². The maximum Gasteiger partial charge on any atom is 0.219 e. The molecule has 1 aromatic heterocycles. The van der Waals surface area contributed by atoms with Gasteiger partial charge in [-0.05, 0) is 6.42 Å². The van der Waals surface area contributed by atoms with Crippen molar-refractivity contribution < 1.29 is 4.79 Å². The highest BCUT2D eigenvalue weighted by molar-refractivity contribution is 6.29. The van der Waals surface area contributed by atoms with E-state index >= 15 is 0 Å². The first-order valence-electron chi connectivity index (χ1n) is 6.09. The van der Waals surface area contributed by atoms with Gasteiger partial charge in [-0.25, -0.2) is 4.98 Å². The maximum absolute atomic E-state index is 11.3. The molecule has 1 saturated heterocycles. The van der Waals surface area contributed by atoms with E-state index in [9.17, 15) is 4.79 Å². The Labute approximate surface area is 112 Å². The van der Waals surface area contributed by atoms with Crippen LogP contribution in [0, 0.1) is 0 Å². The molecule has 1 amide bonds. The molecule has 1 fully saturated rings. The van der Waals surface area contributed by atoms with Gasteiger partial charge < -0.3 is 4.90 Å². The summed E-state index contributed by atoms with van der Waals surface area (Å²) in [5, 5.41) is 0.414. The minimum atomic E-state index is 0.156. The van der Waals surface area contributed by atoms with Gasteiger partial charge >= 0.3 is 0 Å². The van der Waals surface area contributed by atoms with Crippen LogP contribution < -0.4 is 0 Å². The van der Waals surface area contributed by atoms with Crippen molar-refractivity contribution in [3.05, 3.63) is 23.2 Å². The molecule has 2 rings (SSSR count). The van der Waals surface area contributed by atoms with E-state index < -0.39 is 0 Å². The quantitative estimate of drug-likeness (QED) is 0.808. The Morgan fingerprint density at radius 1 is 1.28 bits per heavy atom. The molecule has 0 unspecified atom stereocenters. The third kappa shape index (κ3) is 3.65. The molecule has 0 bridgehead atoms. The van der Waals surface area contributed by atoms with Crippen molar-refractivity contribution >= 4 is 17.5 Å². The van der Waals surface area contributed by atoms with Gasteiger partial charge in [-0.1, -0.05) is 11.6 Å². The molecule has 5 nitrogen and oxygen atoms in total. The van der Waals surface area contributed by atoms with E-state index in [2.05, 4.69) is 14.9 Å². The van der Waals surface area contributed by atoms with Crippen molar-refractivity contribution in [1.29, 1.82) is 0 Å². The van der Waals surface area contributed by atoms with Crippen LogP contribution in [-0.4, -0.2) is 51.9 Å². The lowest BCUT2D eigenvalue weighted by molar-refractivity contribution is -0.128. The molecule has 2 heterocycles. The van der Waals surface area contributed by atoms with E-state index in [0.717, 1.165) is 44.8 Å². The van der Waals surface area contributed by atoms with E-state index in [0.29, 0.717) is 5.15 Å². The van der Waals surface area contributed by atoms with Gasteiger partial charge in [0, 0.05) is 39.6 Å². The zero-order valence-corrected chi connectivity index (χ0v) is 11.2. The van der Waals surface area contributed by atoms with Gasteiger partial charge in [-0.15, -0.1) is 0 Å². The molecule has 1 aromatic rings. The molecule has 0 N–H and O–H groups in total. The fourth-order valence-electron chi connectivity index (χ4n) is 2.09. The lowest BCUT2D eigenvalue weighted by atomic mass is 10.3. The lowest BCUT2D eigenvalue weighted by Crippen LogP contribution is -2.33. The van der Waals surface area contributed by atoms with Crippen LogP contribution in [-0.2, 0) is 11.3 Å². The second-order valence-corrected chi connectivity index (χ2v) is 4.85. The Balaban J connectivity index is 1.90. The zero-order valence-electron chi connectivity index (χ0n) is 10.5. The minimum absolute atomic E-state index is 0.156. The van der Waals surface area contributed by atoms with Crippen LogP contribution in [0.15, 0.2) is 12.4 Å². The molecule has 18 heavy (non-hydrogen) atoms. The van der Waals surface area contributed by atoms with Gasteiger partial charge in [-0.2, -0.15) is 0 Å². The summed E-state index contributed by atoms with van der Waals surface area (Å²) in [7, 11) is 0. The van der Waals surface area contributed by atoms with Crippen LogP contribution in [0.1, 0.15) is 19.0 Å². The molecule has 0 aromatic carbocycles. The first kappa shape index (κ1) is 13.2. The number of carbonyl (C=O) groups excluding carboxylic acids is 1. The Kier molecular flexibility index (Phi) is 4.49. The van der Waals surface area contributed by atoms with Crippen LogP contribution in [0.3, 0.4) is 0 Å². The van der Waals surface area contributed by atoms with Crippen molar-refractivity contribution in [2.75, 3.05) is 26.2 Å². The first-order chi connectivity index (χ1) is 8.65. The predicted molar refractivity (Wildman–Crippen MR) is 69.2 cm³/mol. The fourth-order valence-corrected chi connectivity index (χ4v) is 2.19. The van der Waals surface area contributed by atoms with Crippen LogP contribution in [0.4, 0.5) is 0 Å². The molecule has 6 heteroatoms. The number of nitrogens with zero attached hydrogens (tertiary/aromatic N) is 4. The maximum atomic E-state index is 11.3. The smallest absolute Gasteiger partial charge is 0.219 e. The van der Waals surface area contributed by atoms with E-state index in [1.54, 1.807) is 19.3 Å². The van der Waals surface area contributed by atoms with E-state index in [1.165, 1.54) is 0 Å². The summed E-state index contributed by atoms with van der Waals surface area (Å²) >= 11 is 5.70. The number of amides is 1. The molecule has 0 aliphatic carbocycles. The third-order valence-corrected chi connectivity index (χ3v) is 3.29. The second kappa shape index (κ2) is 6.11. The van der Waals surface area contributed by atoms with Crippen LogP contribution in [0.2, 0.25) is 5.15 Å². The standard InChI is InChI=1S/C12H17ClN4O/c1-10(18)17-4-2-3-16(5-6-17)9-11-7-15-12(13)8-14-11/h7-8H,2-6,9H2,1H3. The Hall–Kier alpha value is -1.20. The number of rotatable bonds is 2. The molecular weight excluding hydrogens is 252 g/mol. The van der Waals surface area contributed by atoms with Gasteiger partial charge in [0.15, 0.2) is 0 Å². The van der Waals surface area contributed by atoms with Gasteiger partial charge in [0.1, 0.15) is 5.15 Å². The molecule has 0 spiro atoms. The largest absolute Gasteiger partial charge is 0.342 e. The average molecular weight is 269 g/mol. The molecule has 0 atom stereocenters. The van der Waals surface area contributed by atoms with Crippen molar-refractivity contribution in [3.8, 4) is 0 Å². The first-order valence-corrected chi connectivity index (χ1v) is 6.47. The van der Waals surface area contributed by atoms with Gasteiger partial charge in [0.2, 0.25) is 5.91 Å². The predicted octanol–water partition coefficient (Wildman–Crippen LogP) is 1.18. The highest BCUT2D eigenvalue weighted by Gasteiger charge is 2.16. The number of aromatic nitrogens is 2. The average Bonchev–Trinajstić information content (AvgIpc) is 2.58. The molecule has 1 aliphatic rings. The third-order valence-electron chi connectivity index (χ3n) is 3.09. The summed E-state index contributed by atoms with van der Waals surface area (Å²) in [4.78, 5) is 23.8. The van der Waals surface area contributed by atoms with Crippen molar-refractivity contribution in [2.24, 2.45) is 0 Å². The summed E-state index contributed by atoms with van der Waals surface area (Å²) in [5.74, 6) is 0.156. The normalized spacial score (nSPS) is 17.6.